The molecule has 0 radical (unpaired) electrons. The second-order valence-electron chi connectivity index (χ2n) is 6.82. The predicted molar refractivity (Wildman–Crippen MR) is 104 cm³/mol. The van der Waals surface area contributed by atoms with Crippen LogP contribution in [0.1, 0.15) is 41.6 Å². The summed E-state index contributed by atoms with van der Waals surface area (Å²) in [7, 11) is 1.81. The zero-order chi connectivity index (χ0) is 18.4. The Kier molecular flexibility index (Phi) is 6.57. The molecule has 6 nitrogen and oxygen atoms in total. The fraction of sp³-hybridized carbons (Fsp3) is 0.526. The Hall–Kier alpha value is -1.99. The van der Waals surface area contributed by atoms with Crippen LogP contribution in [-0.2, 0) is 6.54 Å². The van der Waals surface area contributed by atoms with Crippen LogP contribution in [0.25, 0.3) is 0 Å². The number of aromatic nitrogens is 2. The first-order valence-electron chi connectivity index (χ1n) is 9.17. The van der Waals surface area contributed by atoms with Gasteiger partial charge in [0, 0.05) is 37.1 Å². The highest BCUT2D eigenvalue weighted by Crippen LogP contribution is 2.23. The van der Waals surface area contributed by atoms with Crippen LogP contribution in [0.4, 0.5) is 4.79 Å². The van der Waals surface area contributed by atoms with Gasteiger partial charge < -0.3 is 10.2 Å². The molecule has 0 aromatic carbocycles. The quantitative estimate of drug-likeness (QED) is 0.845. The number of carbonyl (C=O) groups is 1. The number of piperidine rings is 1. The maximum Gasteiger partial charge on any atom is 0.317 e. The van der Waals surface area contributed by atoms with E-state index < -0.39 is 0 Å². The number of urea groups is 1. The van der Waals surface area contributed by atoms with E-state index in [0.717, 1.165) is 29.4 Å². The molecule has 0 aliphatic carbocycles. The SMILES string of the molecule is Cc1csc(CN(C)C(=O)NC[C@@H](c2cccnc2)N2CCCCC2)n1. The van der Waals surface area contributed by atoms with Gasteiger partial charge in [-0.05, 0) is 44.5 Å². The third-order valence-corrected chi connectivity index (χ3v) is 5.68. The second-order valence-corrected chi connectivity index (χ2v) is 7.77. The lowest BCUT2D eigenvalue weighted by atomic mass is 10.0. The van der Waals surface area contributed by atoms with Gasteiger partial charge in [0.2, 0.25) is 0 Å². The van der Waals surface area contributed by atoms with Gasteiger partial charge in [0.1, 0.15) is 5.01 Å². The van der Waals surface area contributed by atoms with Crippen molar-refractivity contribution in [3.8, 4) is 0 Å². The number of nitrogens with zero attached hydrogens (tertiary/aromatic N) is 4. The molecule has 3 rings (SSSR count). The van der Waals surface area contributed by atoms with E-state index in [0.29, 0.717) is 13.1 Å². The first kappa shape index (κ1) is 18.8. The molecule has 1 N–H and O–H groups in total. The molecule has 2 aromatic heterocycles. The Morgan fingerprint density at radius 3 is 2.85 bits per heavy atom. The number of aryl methyl sites for hydroxylation is 1. The number of thiazole rings is 1. The summed E-state index contributed by atoms with van der Waals surface area (Å²) in [5.74, 6) is 0. The van der Waals surface area contributed by atoms with Gasteiger partial charge in [-0.1, -0.05) is 12.5 Å². The van der Waals surface area contributed by atoms with Gasteiger partial charge >= 0.3 is 6.03 Å². The molecular formula is C19H27N5OS. The van der Waals surface area contributed by atoms with Crippen molar-refractivity contribution in [1.82, 2.24) is 25.1 Å². The second kappa shape index (κ2) is 9.09. The van der Waals surface area contributed by atoms with Crippen LogP contribution in [0.15, 0.2) is 29.9 Å². The molecule has 7 heteroatoms. The van der Waals surface area contributed by atoms with Gasteiger partial charge in [0.15, 0.2) is 0 Å². The average Bonchev–Trinajstić information content (AvgIpc) is 3.08. The molecule has 0 unspecified atom stereocenters. The number of carbonyl (C=O) groups excluding carboxylic acids is 1. The summed E-state index contributed by atoms with van der Waals surface area (Å²) >= 11 is 1.59. The standard InChI is InChI=1S/C19H27N5OS/c1-15-14-26-18(22-15)13-23(2)19(25)21-12-17(16-7-6-8-20-11-16)24-9-4-3-5-10-24/h6-8,11,14,17H,3-5,9-10,12-13H2,1-2H3,(H,21,25)/t17-/m0/s1. The van der Waals surface area contributed by atoms with E-state index in [4.69, 9.17) is 0 Å². The molecule has 0 saturated carbocycles. The third-order valence-electron chi connectivity index (χ3n) is 4.73. The number of likely N-dealkylation sites (tertiary alicyclic amines) is 1. The minimum atomic E-state index is -0.0660. The maximum absolute atomic E-state index is 12.5. The van der Waals surface area contributed by atoms with Crippen LogP contribution in [0.2, 0.25) is 0 Å². The monoisotopic (exact) mass is 373 g/mol. The Balaban J connectivity index is 1.60. The number of rotatable bonds is 6. The topological polar surface area (TPSA) is 61.4 Å². The highest BCUT2D eigenvalue weighted by Gasteiger charge is 2.23. The number of nitrogens with one attached hydrogen (secondary N) is 1. The van der Waals surface area contributed by atoms with Crippen LogP contribution < -0.4 is 5.32 Å². The number of hydrogen-bond donors (Lipinski definition) is 1. The summed E-state index contributed by atoms with van der Waals surface area (Å²) in [5, 5.41) is 6.07. The van der Waals surface area contributed by atoms with E-state index in [1.807, 2.05) is 31.6 Å². The van der Waals surface area contributed by atoms with Crippen molar-refractivity contribution in [2.75, 3.05) is 26.7 Å². The lowest BCUT2D eigenvalue weighted by Crippen LogP contribution is -2.44. The Labute approximate surface area is 159 Å². The first-order chi connectivity index (χ1) is 12.6. The summed E-state index contributed by atoms with van der Waals surface area (Å²) in [6, 6.07) is 4.16. The molecule has 26 heavy (non-hydrogen) atoms. The molecule has 1 atom stereocenters. The fourth-order valence-corrected chi connectivity index (χ4v) is 4.15. The molecule has 3 heterocycles. The van der Waals surface area contributed by atoms with Crippen LogP contribution in [-0.4, -0.2) is 52.5 Å². The fourth-order valence-electron chi connectivity index (χ4n) is 3.33. The lowest BCUT2D eigenvalue weighted by Gasteiger charge is -2.35. The van der Waals surface area contributed by atoms with Gasteiger partial charge in [-0.2, -0.15) is 0 Å². The van der Waals surface area contributed by atoms with Crippen molar-refractivity contribution in [2.24, 2.45) is 0 Å². The van der Waals surface area contributed by atoms with Crippen LogP contribution in [0, 0.1) is 6.92 Å². The van der Waals surface area contributed by atoms with E-state index in [-0.39, 0.29) is 12.1 Å². The third kappa shape index (κ3) is 5.02. The Bertz CT molecular complexity index is 699. The molecule has 140 valence electrons. The maximum atomic E-state index is 12.5. The summed E-state index contributed by atoms with van der Waals surface area (Å²) in [6.07, 6.45) is 7.42. The number of pyridine rings is 1. The summed E-state index contributed by atoms with van der Waals surface area (Å²) in [4.78, 5) is 25.4. The molecule has 0 bridgehead atoms. The minimum absolute atomic E-state index is 0.0660. The van der Waals surface area contributed by atoms with Gasteiger partial charge in [-0.25, -0.2) is 9.78 Å². The lowest BCUT2D eigenvalue weighted by molar-refractivity contribution is 0.155. The van der Waals surface area contributed by atoms with Crippen molar-refractivity contribution >= 4 is 17.4 Å². The van der Waals surface area contributed by atoms with E-state index in [9.17, 15) is 4.79 Å². The normalized spacial score (nSPS) is 16.2. The molecule has 1 fully saturated rings. The molecule has 0 spiro atoms. The number of hydrogen-bond acceptors (Lipinski definition) is 5. The minimum Gasteiger partial charge on any atom is -0.336 e. The van der Waals surface area contributed by atoms with Crippen molar-refractivity contribution in [3.63, 3.8) is 0 Å². The van der Waals surface area contributed by atoms with Crippen molar-refractivity contribution in [2.45, 2.75) is 38.8 Å². The summed E-state index contributed by atoms with van der Waals surface area (Å²) < 4.78 is 0. The van der Waals surface area contributed by atoms with E-state index >= 15 is 0 Å². The van der Waals surface area contributed by atoms with Crippen LogP contribution in [0.5, 0.6) is 0 Å². The molecule has 1 saturated heterocycles. The highest BCUT2D eigenvalue weighted by atomic mass is 32.1. The largest absolute Gasteiger partial charge is 0.336 e. The molecule has 1 aliphatic heterocycles. The van der Waals surface area contributed by atoms with Crippen LogP contribution in [0.3, 0.4) is 0 Å². The first-order valence-corrected chi connectivity index (χ1v) is 10.1. The van der Waals surface area contributed by atoms with Crippen LogP contribution >= 0.6 is 11.3 Å². The summed E-state index contributed by atoms with van der Waals surface area (Å²) in [5.41, 5.74) is 2.16. The average molecular weight is 374 g/mol. The Morgan fingerprint density at radius 2 is 2.19 bits per heavy atom. The predicted octanol–water partition coefficient (Wildman–Crippen LogP) is 3.22. The smallest absolute Gasteiger partial charge is 0.317 e. The van der Waals surface area contributed by atoms with Crippen molar-refractivity contribution in [3.05, 3.63) is 46.2 Å². The Morgan fingerprint density at radius 1 is 1.38 bits per heavy atom. The van der Waals surface area contributed by atoms with E-state index in [1.54, 1.807) is 22.4 Å². The van der Waals surface area contributed by atoms with Crippen molar-refractivity contribution in [1.29, 1.82) is 0 Å². The molecule has 1 aliphatic rings. The van der Waals surface area contributed by atoms with E-state index in [1.165, 1.54) is 19.3 Å². The molecule has 2 amide bonds. The zero-order valence-electron chi connectivity index (χ0n) is 15.5. The van der Waals surface area contributed by atoms with Gasteiger partial charge in [0.25, 0.3) is 0 Å². The highest BCUT2D eigenvalue weighted by molar-refractivity contribution is 7.09. The molecular weight excluding hydrogens is 346 g/mol. The van der Waals surface area contributed by atoms with E-state index in [2.05, 4.69) is 26.3 Å². The zero-order valence-corrected chi connectivity index (χ0v) is 16.3. The van der Waals surface area contributed by atoms with Gasteiger partial charge in [-0.15, -0.1) is 11.3 Å². The van der Waals surface area contributed by atoms with Gasteiger partial charge in [0.05, 0.1) is 12.6 Å². The summed E-state index contributed by atoms with van der Waals surface area (Å²) in [6.45, 7) is 5.24. The van der Waals surface area contributed by atoms with Gasteiger partial charge in [-0.3, -0.25) is 9.88 Å². The van der Waals surface area contributed by atoms with Crippen molar-refractivity contribution < 1.29 is 4.79 Å². The number of amides is 2. The molecule has 2 aromatic rings.